The molecule has 0 unspecified atom stereocenters. The van der Waals surface area contributed by atoms with Gasteiger partial charge in [-0.05, 0) is 31.5 Å². The minimum atomic E-state index is -0.301. The molecule has 0 saturated carbocycles. The van der Waals surface area contributed by atoms with Crippen LogP contribution in [0.15, 0.2) is 42.5 Å². The van der Waals surface area contributed by atoms with E-state index in [0.717, 1.165) is 16.8 Å². The fourth-order valence-corrected chi connectivity index (χ4v) is 2.12. The van der Waals surface area contributed by atoms with E-state index in [4.69, 9.17) is 9.47 Å². The predicted octanol–water partition coefficient (Wildman–Crippen LogP) is 4.18. The maximum atomic E-state index is 12.3. The number of aryl methyl sites for hydroxylation is 1. The Labute approximate surface area is 136 Å². The van der Waals surface area contributed by atoms with Crippen LogP contribution < -0.4 is 15.4 Å². The van der Waals surface area contributed by atoms with Crippen molar-refractivity contribution >= 4 is 17.4 Å². The van der Waals surface area contributed by atoms with Crippen LogP contribution >= 0.6 is 0 Å². The van der Waals surface area contributed by atoms with E-state index < -0.39 is 0 Å². The first-order chi connectivity index (χ1) is 11.1. The number of benzene rings is 2. The lowest BCUT2D eigenvalue weighted by Gasteiger charge is -2.13. The van der Waals surface area contributed by atoms with Gasteiger partial charge in [0.25, 0.3) is 0 Å². The molecule has 2 amide bonds. The highest BCUT2D eigenvalue weighted by Crippen LogP contribution is 2.22. The molecule has 0 bridgehead atoms. The second-order valence-electron chi connectivity index (χ2n) is 5.05. The van der Waals surface area contributed by atoms with Crippen LogP contribution in [0.3, 0.4) is 0 Å². The lowest BCUT2D eigenvalue weighted by Crippen LogP contribution is -2.21. The number of carbonyl (C=O) groups excluding carboxylic acids is 1. The predicted molar refractivity (Wildman–Crippen MR) is 92.1 cm³/mol. The Bertz CT molecular complexity index is 671. The van der Waals surface area contributed by atoms with Crippen molar-refractivity contribution in [1.29, 1.82) is 0 Å². The van der Waals surface area contributed by atoms with E-state index in [0.29, 0.717) is 24.7 Å². The van der Waals surface area contributed by atoms with E-state index in [1.165, 1.54) is 0 Å². The minimum absolute atomic E-state index is 0.301. The van der Waals surface area contributed by atoms with E-state index in [-0.39, 0.29) is 6.03 Å². The third-order valence-corrected chi connectivity index (χ3v) is 3.42. The number of para-hydroxylation sites is 1. The van der Waals surface area contributed by atoms with Gasteiger partial charge in [0, 0.05) is 29.6 Å². The summed E-state index contributed by atoms with van der Waals surface area (Å²) in [6, 6.07) is 12.8. The van der Waals surface area contributed by atoms with Gasteiger partial charge in [0.05, 0.1) is 13.7 Å². The molecule has 0 atom stereocenters. The van der Waals surface area contributed by atoms with E-state index in [2.05, 4.69) is 10.6 Å². The first-order valence-corrected chi connectivity index (χ1v) is 7.52. The third kappa shape index (κ3) is 4.72. The molecule has 0 aliphatic rings. The number of nitrogens with one attached hydrogen (secondary N) is 2. The van der Waals surface area contributed by atoms with Crippen molar-refractivity contribution in [3.63, 3.8) is 0 Å². The molecule has 0 heterocycles. The zero-order valence-corrected chi connectivity index (χ0v) is 13.7. The molecular weight excluding hydrogens is 292 g/mol. The van der Waals surface area contributed by atoms with Crippen molar-refractivity contribution in [2.75, 3.05) is 24.4 Å². The number of anilines is 2. The molecule has 2 aromatic carbocycles. The molecule has 0 saturated heterocycles. The van der Waals surface area contributed by atoms with Gasteiger partial charge in [-0.1, -0.05) is 24.3 Å². The maximum Gasteiger partial charge on any atom is 0.323 e. The molecule has 5 nitrogen and oxygen atoms in total. The number of methoxy groups -OCH3 is 1. The molecule has 0 fully saturated rings. The van der Waals surface area contributed by atoms with Crippen LogP contribution in [-0.4, -0.2) is 19.7 Å². The second kappa shape index (κ2) is 8.19. The molecule has 2 aromatic rings. The Morgan fingerprint density at radius 2 is 1.83 bits per heavy atom. The van der Waals surface area contributed by atoms with E-state index in [1.54, 1.807) is 13.2 Å². The van der Waals surface area contributed by atoms with Gasteiger partial charge in [0.2, 0.25) is 0 Å². The quantitative estimate of drug-likeness (QED) is 0.840. The highest BCUT2D eigenvalue weighted by molar-refractivity contribution is 6.00. The summed E-state index contributed by atoms with van der Waals surface area (Å²) in [6.45, 7) is 4.96. The smallest absolute Gasteiger partial charge is 0.323 e. The van der Waals surface area contributed by atoms with Crippen molar-refractivity contribution < 1.29 is 14.3 Å². The lowest BCUT2D eigenvalue weighted by molar-refractivity contribution is 0.134. The Balaban J connectivity index is 2.08. The van der Waals surface area contributed by atoms with Gasteiger partial charge < -0.3 is 20.1 Å². The monoisotopic (exact) mass is 314 g/mol. The average Bonchev–Trinajstić information content (AvgIpc) is 2.56. The summed E-state index contributed by atoms with van der Waals surface area (Å²) in [5.41, 5.74) is 3.35. The number of ether oxygens (including phenoxy) is 2. The Morgan fingerprint density at radius 3 is 2.57 bits per heavy atom. The molecule has 0 aliphatic heterocycles. The summed E-state index contributed by atoms with van der Waals surface area (Å²) < 4.78 is 10.6. The van der Waals surface area contributed by atoms with Gasteiger partial charge in [-0.25, -0.2) is 4.79 Å². The maximum absolute atomic E-state index is 12.3. The van der Waals surface area contributed by atoms with Crippen LogP contribution in [0.1, 0.15) is 18.1 Å². The van der Waals surface area contributed by atoms with E-state index in [1.807, 2.05) is 50.2 Å². The van der Waals surface area contributed by atoms with Gasteiger partial charge in [-0.15, -0.1) is 0 Å². The summed E-state index contributed by atoms with van der Waals surface area (Å²) in [7, 11) is 1.60. The highest BCUT2D eigenvalue weighted by Gasteiger charge is 2.09. The van der Waals surface area contributed by atoms with E-state index in [9.17, 15) is 4.79 Å². The van der Waals surface area contributed by atoms with Gasteiger partial charge in [-0.2, -0.15) is 0 Å². The zero-order valence-electron chi connectivity index (χ0n) is 13.7. The van der Waals surface area contributed by atoms with Crippen molar-refractivity contribution in [2.24, 2.45) is 0 Å². The zero-order chi connectivity index (χ0) is 16.7. The largest absolute Gasteiger partial charge is 0.497 e. The number of amides is 2. The first kappa shape index (κ1) is 16.8. The summed E-state index contributed by atoms with van der Waals surface area (Å²) in [4.78, 5) is 12.3. The van der Waals surface area contributed by atoms with Crippen LogP contribution in [0, 0.1) is 6.92 Å². The fraction of sp³-hybridized carbons (Fsp3) is 0.278. The van der Waals surface area contributed by atoms with E-state index >= 15 is 0 Å². The molecule has 2 rings (SSSR count). The van der Waals surface area contributed by atoms with Crippen LogP contribution in [0.5, 0.6) is 5.75 Å². The minimum Gasteiger partial charge on any atom is -0.497 e. The van der Waals surface area contributed by atoms with Crippen LogP contribution in [0.2, 0.25) is 0 Å². The summed E-state index contributed by atoms with van der Waals surface area (Å²) in [5.74, 6) is 0.697. The van der Waals surface area contributed by atoms with Crippen molar-refractivity contribution in [2.45, 2.75) is 20.5 Å². The molecule has 122 valence electrons. The average molecular weight is 314 g/mol. The molecular formula is C18H22N2O3. The van der Waals surface area contributed by atoms with Crippen LogP contribution in [-0.2, 0) is 11.3 Å². The standard InChI is InChI=1S/C18H22N2O3/c1-4-23-12-14-7-5-6-8-16(14)19-18(21)20-17-11-15(22-3)10-9-13(17)2/h5-11H,4,12H2,1-3H3,(H2,19,20,21). The number of hydrogen-bond acceptors (Lipinski definition) is 3. The number of carbonyl (C=O) groups is 1. The molecule has 0 spiro atoms. The van der Waals surface area contributed by atoms with Crippen molar-refractivity contribution in [3.05, 3.63) is 53.6 Å². The Morgan fingerprint density at radius 1 is 1.09 bits per heavy atom. The molecule has 2 N–H and O–H groups in total. The topological polar surface area (TPSA) is 59.6 Å². The first-order valence-electron chi connectivity index (χ1n) is 7.52. The molecule has 0 radical (unpaired) electrons. The summed E-state index contributed by atoms with van der Waals surface area (Å²) in [5, 5.41) is 5.71. The van der Waals surface area contributed by atoms with Crippen LogP contribution in [0.4, 0.5) is 16.2 Å². The number of rotatable bonds is 6. The molecule has 23 heavy (non-hydrogen) atoms. The third-order valence-electron chi connectivity index (χ3n) is 3.42. The van der Waals surface area contributed by atoms with Crippen LogP contribution in [0.25, 0.3) is 0 Å². The highest BCUT2D eigenvalue weighted by atomic mass is 16.5. The summed E-state index contributed by atoms with van der Waals surface area (Å²) in [6.07, 6.45) is 0. The summed E-state index contributed by atoms with van der Waals surface area (Å²) >= 11 is 0. The van der Waals surface area contributed by atoms with Gasteiger partial charge in [-0.3, -0.25) is 0 Å². The number of urea groups is 1. The Hall–Kier alpha value is -2.53. The second-order valence-corrected chi connectivity index (χ2v) is 5.05. The van der Waals surface area contributed by atoms with Crippen molar-refractivity contribution in [3.8, 4) is 5.75 Å². The van der Waals surface area contributed by atoms with Gasteiger partial charge in [0.15, 0.2) is 0 Å². The SMILES string of the molecule is CCOCc1ccccc1NC(=O)Nc1cc(OC)ccc1C. The number of hydrogen-bond donors (Lipinski definition) is 2. The van der Waals surface area contributed by atoms with Gasteiger partial charge >= 0.3 is 6.03 Å². The Kier molecular flexibility index (Phi) is 6.00. The molecule has 0 aliphatic carbocycles. The molecule has 0 aromatic heterocycles. The van der Waals surface area contributed by atoms with Crippen molar-refractivity contribution in [1.82, 2.24) is 0 Å². The fourth-order valence-electron chi connectivity index (χ4n) is 2.12. The normalized spacial score (nSPS) is 10.2. The van der Waals surface area contributed by atoms with Gasteiger partial charge in [0.1, 0.15) is 5.75 Å². The lowest BCUT2D eigenvalue weighted by atomic mass is 10.2. The molecule has 5 heteroatoms.